The summed E-state index contributed by atoms with van der Waals surface area (Å²) < 4.78 is 21.7. The Hall–Kier alpha value is -3.22. The molecule has 0 bridgehead atoms. The molecule has 0 unspecified atom stereocenters. The van der Waals surface area contributed by atoms with Crippen molar-refractivity contribution in [1.29, 1.82) is 0 Å². The molecule has 0 atom stereocenters. The number of methoxy groups -OCH3 is 3. The maximum absolute atomic E-state index is 13.0. The molecule has 2 rings (SSSR count). The van der Waals surface area contributed by atoms with E-state index in [1.165, 1.54) is 13.2 Å². The molecule has 2 aromatic rings. The van der Waals surface area contributed by atoms with E-state index in [1.54, 1.807) is 20.3 Å². The molecule has 0 saturated heterocycles. The van der Waals surface area contributed by atoms with Gasteiger partial charge < -0.3 is 24.1 Å². The number of aromatic hydroxyl groups is 1. The molecule has 2 aromatic carbocycles. The molecule has 0 fully saturated rings. The minimum absolute atomic E-state index is 0.0854. The lowest BCUT2D eigenvalue weighted by Crippen LogP contribution is -2.10. The Bertz CT molecular complexity index is 1060. The number of unbranched alkanes of at least 4 members (excludes halogenated alkanes) is 2. The highest BCUT2D eigenvalue weighted by Crippen LogP contribution is 2.39. The van der Waals surface area contributed by atoms with Crippen molar-refractivity contribution in [3.8, 4) is 23.0 Å². The Kier molecular flexibility index (Phi) is 10.4. The number of rotatable bonds is 13. The number of ketones is 1. The molecule has 0 aromatic heterocycles. The zero-order chi connectivity index (χ0) is 26.1. The van der Waals surface area contributed by atoms with E-state index in [2.05, 4.69) is 0 Å². The van der Waals surface area contributed by atoms with Gasteiger partial charge in [-0.2, -0.15) is 0 Å². The lowest BCUT2D eigenvalue weighted by atomic mass is 9.91. The molecule has 7 nitrogen and oxygen atoms in total. The number of carbonyl (C=O) groups excluding carboxylic acids is 2. The van der Waals surface area contributed by atoms with Crippen molar-refractivity contribution in [3.63, 3.8) is 0 Å². The van der Waals surface area contributed by atoms with Gasteiger partial charge >= 0.3 is 5.97 Å². The number of ether oxygens (including phenoxy) is 4. The first-order chi connectivity index (χ1) is 16.7. The number of phenols is 1. The largest absolute Gasteiger partial charge is 0.507 e. The number of hydrogen-bond acceptors (Lipinski definition) is 7. The summed E-state index contributed by atoms with van der Waals surface area (Å²) in [4.78, 5) is 24.9. The highest BCUT2D eigenvalue weighted by Gasteiger charge is 2.23. The molecule has 0 radical (unpaired) electrons. The normalized spacial score (nSPS) is 10.7. The maximum Gasteiger partial charge on any atom is 0.341 e. The van der Waals surface area contributed by atoms with E-state index >= 15 is 0 Å². The van der Waals surface area contributed by atoms with Gasteiger partial charge in [0, 0.05) is 23.1 Å². The molecule has 0 aliphatic carbocycles. The summed E-state index contributed by atoms with van der Waals surface area (Å²) in [5.74, 6) is 1.28. The molecule has 0 spiro atoms. The third kappa shape index (κ3) is 6.27. The van der Waals surface area contributed by atoms with Crippen molar-refractivity contribution in [3.05, 3.63) is 45.5 Å². The Morgan fingerprint density at radius 1 is 0.886 bits per heavy atom. The van der Waals surface area contributed by atoms with Crippen molar-refractivity contribution in [1.82, 2.24) is 0 Å². The first kappa shape index (κ1) is 28.0. The van der Waals surface area contributed by atoms with E-state index in [1.807, 2.05) is 27.7 Å². The quantitative estimate of drug-likeness (QED) is 0.214. The Labute approximate surface area is 208 Å². The predicted octanol–water partition coefficient (Wildman–Crippen LogP) is 5.90. The van der Waals surface area contributed by atoms with Crippen LogP contribution in [-0.2, 0) is 11.2 Å². The van der Waals surface area contributed by atoms with Crippen LogP contribution in [-0.4, -0.2) is 44.8 Å². The second kappa shape index (κ2) is 13.0. The van der Waals surface area contributed by atoms with Gasteiger partial charge in [-0.25, -0.2) is 4.79 Å². The number of phenolic OH excluding ortho intramolecular Hbond substituents is 1. The van der Waals surface area contributed by atoms with Crippen molar-refractivity contribution in [2.24, 2.45) is 0 Å². The summed E-state index contributed by atoms with van der Waals surface area (Å²) in [5.41, 5.74) is 4.10. The minimum atomic E-state index is -0.578. The molecule has 0 saturated carbocycles. The molecular weight excluding hydrogens is 448 g/mol. The maximum atomic E-state index is 13.0. The van der Waals surface area contributed by atoms with Crippen LogP contribution < -0.4 is 14.2 Å². The van der Waals surface area contributed by atoms with Crippen LogP contribution in [0.5, 0.6) is 23.0 Å². The summed E-state index contributed by atoms with van der Waals surface area (Å²) in [7, 11) is 4.47. The lowest BCUT2D eigenvalue weighted by Gasteiger charge is -2.19. The zero-order valence-electron chi connectivity index (χ0n) is 22.0. The molecule has 192 valence electrons. The van der Waals surface area contributed by atoms with Gasteiger partial charge in [-0.05, 0) is 69.7 Å². The summed E-state index contributed by atoms with van der Waals surface area (Å²) in [6, 6.07) is 3.22. The van der Waals surface area contributed by atoms with Crippen LogP contribution in [0.1, 0.15) is 82.0 Å². The Morgan fingerprint density at radius 2 is 1.54 bits per heavy atom. The minimum Gasteiger partial charge on any atom is -0.507 e. The molecular formula is C28H38O7. The smallest absolute Gasteiger partial charge is 0.341 e. The monoisotopic (exact) mass is 486 g/mol. The average molecular weight is 487 g/mol. The Morgan fingerprint density at radius 3 is 2.14 bits per heavy atom. The second-order valence-electron chi connectivity index (χ2n) is 8.58. The van der Waals surface area contributed by atoms with E-state index in [0.717, 1.165) is 42.4 Å². The van der Waals surface area contributed by atoms with Gasteiger partial charge in [0.1, 0.15) is 17.1 Å². The van der Waals surface area contributed by atoms with Gasteiger partial charge in [0.25, 0.3) is 0 Å². The van der Waals surface area contributed by atoms with E-state index in [4.69, 9.17) is 18.9 Å². The van der Waals surface area contributed by atoms with Gasteiger partial charge in [0.15, 0.2) is 17.3 Å². The van der Waals surface area contributed by atoms with Crippen molar-refractivity contribution < 1.29 is 33.6 Å². The first-order valence-corrected chi connectivity index (χ1v) is 12.0. The van der Waals surface area contributed by atoms with Crippen molar-refractivity contribution >= 4 is 11.8 Å². The fourth-order valence-electron chi connectivity index (χ4n) is 4.39. The third-order valence-corrected chi connectivity index (χ3v) is 6.34. The van der Waals surface area contributed by atoms with Crippen LogP contribution in [0.3, 0.4) is 0 Å². The standard InChI is InChI=1S/C28H38O7/c1-8-12-20-23(15-14-21(25(20)30)28(31)34-7)35-16-11-9-10-13-22(29)24-17(2)18(3)26(32-5)27(33-6)19(24)4/h14-15,30H,8-13,16H2,1-7H3. The summed E-state index contributed by atoms with van der Waals surface area (Å²) in [6.07, 6.45) is 4.15. The van der Waals surface area contributed by atoms with Gasteiger partial charge in [0.2, 0.25) is 0 Å². The van der Waals surface area contributed by atoms with Crippen molar-refractivity contribution in [2.45, 2.75) is 66.2 Å². The summed E-state index contributed by atoms with van der Waals surface area (Å²) in [5, 5.41) is 10.5. The zero-order valence-corrected chi connectivity index (χ0v) is 22.0. The molecule has 35 heavy (non-hydrogen) atoms. The number of carbonyl (C=O) groups is 2. The summed E-state index contributed by atoms with van der Waals surface area (Å²) in [6.45, 7) is 8.22. The fraction of sp³-hybridized carbons (Fsp3) is 0.500. The lowest BCUT2D eigenvalue weighted by molar-refractivity contribution is 0.0597. The molecule has 0 aliphatic heterocycles. The second-order valence-corrected chi connectivity index (χ2v) is 8.58. The van der Waals surface area contributed by atoms with E-state index in [9.17, 15) is 14.7 Å². The number of benzene rings is 2. The molecule has 0 heterocycles. The van der Waals surface area contributed by atoms with Crippen LogP contribution in [0.4, 0.5) is 0 Å². The van der Waals surface area contributed by atoms with Gasteiger partial charge in [-0.3, -0.25) is 4.79 Å². The fourth-order valence-corrected chi connectivity index (χ4v) is 4.39. The third-order valence-electron chi connectivity index (χ3n) is 6.34. The van der Waals surface area contributed by atoms with Crippen molar-refractivity contribution in [2.75, 3.05) is 27.9 Å². The Balaban J connectivity index is 1.97. The molecule has 0 aliphatic rings. The van der Waals surface area contributed by atoms with E-state index in [-0.39, 0.29) is 17.1 Å². The number of hydrogen-bond donors (Lipinski definition) is 1. The SMILES string of the molecule is CCCc1c(OCCCCCC(=O)c2c(C)c(C)c(OC)c(OC)c2C)ccc(C(=O)OC)c1O. The highest BCUT2D eigenvalue weighted by atomic mass is 16.5. The van der Waals surface area contributed by atoms with Crippen LogP contribution in [0.2, 0.25) is 0 Å². The van der Waals surface area contributed by atoms with Gasteiger partial charge in [0.05, 0.1) is 27.9 Å². The topological polar surface area (TPSA) is 91.3 Å². The summed E-state index contributed by atoms with van der Waals surface area (Å²) >= 11 is 0. The van der Waals surface area contributed by atoms with E-state index in [0.29, 0.717) is 47.8 Å². The molecule has 7 heteroatoms. The number of esters is 1. The van der Waals surface area contributed by atoms with Crippen LogP contribution in [0, 0.1) is 20.8 Å². The predicted molar refractivity (Wildman–Crippen MR) is 135 cm³/mol. The molecule has 0 amide bonds. The van der Waals surface area contributed by atoms with Crippen LogP contribution in [0.15, 0.2) is 12.1 Å². The van der Waals surface area contributed by atoms with Crippen LogP contribution >= 0.6 is 0 Å². The number of Topliss-reactive ketones (excluding diaryl/α,β-unsaturated/α-hetero) is 1. The van der Waals surface area contributed by atoms with Gasteiger partial charge in [-0.15, -0.1) is 0 Å². The van der Waals surface area contributed by atoms with Crippen LogP contribution in [0.25, 0.3) is 0 Å². The average Bonchev–Trinajstić information content (AvgIpc) is 2.84. The molecule has 1 N–H and O–H groups in total. The van der Waals surface area contributed by atoms with E-state index < -0.39 is 5.97 Å². The highest BCUT2D eigenvalue weighted by molar-refractivity contribution is 6.00. The first-order valence-electron chi connectivity index (χ1n) is 12.0. The van der Waals surface area contributed by atoms with Gasteiger partial charge in [-0.1, -0.05) is 13.3 Å².